The second-order valence-corrected chi connectivity index (χ2v) is 3.96. The quantitative estimate of drug-likeness (QED) is 0.745. The maximum absolute atomic E-state index is 13.0. The number of nitrogens with one attached hydrogen (secondary N) is 1. The molecule has 0 amide bonds. The Bertz CT molecular complexity index is 327. The average molecular weight is 214 g/mol. The van der Waals surface area contributed by atoms with Crippen molar-refractivity contribution >= 4 is 11.6 Å². The molecule has 1 aromatic rings. The number of hydrogen-bond donors (Lipinski definition) is 1. The van der Waals surface area contributed by atoms with Crippen LogP contribution >= 0.6 is 11.6 Å². The molecule has 0 radical (unpaired) electrons. The summed E-state index contributed by atoms with van der Waals surface area (Å²) < 4.78 is 13.0. The molecule has 0 saturated heterocycles. The highest BCUT2D eigenvalue weighted by molar-refractivity contribution is 6.17. The molecule has 0 aromatic heterocycles. The zero-order chi connectivity index (χ0) is 9.97. The lowest BCUT2D eigenvalue weighted by Crippen LogP contribution is -2.30. The van der Waals surface area contributed by atoms with Crippen molar-refractivity contribution in [1.82, 2.24) is 5.32 Å². The van der Waals surface area contributed by atoms with Crippen LogP contribution in [0.5, 0.6) is 0 Å². The summed E-state index contributed by atoms with van der Waals surface area (Å²) >= 11 is 5.72. The first kappa shape index (κ1) is 9.94. The number of fused-ring (bicyclic) bond motifs is 1. The van der Waals surface area contributed by atoms with Crippen LogP contribution in [0.2, 0.25) is 0 Å². The highest BCUT2D eigenvalue weighted by atomic mass is 35.5. The topological polar surface area (TPSA) is 12.0 Å². The van der Waals surface area contributed by atoms with Crippen LogP contribution in [0.3, 0.4) is 0 Å². The Kier molecular flexibility index (Phi) is 3.04. The Balaban J connectivity index is 2.30. The fraction of sp³-hybridized carbons (Fsp3) is 0.455. The Morgan fingerprint density at radius 1 is 1.50 bits per heavy atom. The fourth-order valence-electron chi connectivity index (χ4n) is 1.99. The van der Waals surface area contributed by atoms with Crippen molar-refractivity contribution in [2.24, 2.45) is 0 Å². The Morgan fingerprint density at radius 3 is 3.14 bits per heavy atom. The molecule has 76 valence electrons. The molecule has 3 heteroatoms. The molecule has 1 aromatic carbocycles. The van der Waals surface area contributed by atoms with Gasteiger partial charge in [-0.25, -0.2) is 4.39 Å². The molecule has 1 unspecified atom stereocenters. The standard InChI is InChI=1S/C11H13ClFN/c12-5-3-11-10-2-1-9(13)7-8(10)4-6-14-11/h1-2,7,11,14H,3-6H2. The van der Waals surface area contributed by atoms with Gasteiger partial charge >= 0.3 is 0 Å². The molecule has 1 aliphatic heterocycles. The van der Waals surface area contributed by atoms with E-state index in [1.54, 1.807) is 6.07 Å². The molecule has 0 saturated carbocycles. The molecule has 1 heterocycles. The largest absolute Gasteiger partial charge is 0.310 e. The van der Waals surface area contributed by atoms with Crippen molar-refractivity contribution in [2.75, 3.05) is 12.4 Å². The minimum atomic E-state index is -0.143. The molecule has 1 atom stereocenters. The van der Waals surface area contributed by atoms with Gasteiger partial charge in [0.25, 0.3) is 0 Å². The average Bonchev–Trinajstić information content (AvgIpc) is 2.18. The molecule has 14 heavy (non-hydrogen) atoms. The first-order valence-corrected chi connectivity index (χ1v) is 5.42. The summed E-state index contributed by atoms with van der Waals surface area (Å²) in [5.74, 6) is 0.490. The zero-order valence-electron chi connectivity index (χ0n) is 7.89. The van der Waals surface area contributed by atoms with Gasteiger partial charge in [-0.15, -0.1) is 11.6 Å². The predicted molar refractivity (Wildman–Crippen MR) is 56.2 cm³/mol. The molecule has 1 N–H and O–H groups in total. The smallest absolute Gasteiger partial charge is 0.123 e. The number of halogens is 2. The SMILES string of the molecule is Fc1ccc2c(c1)CCNC2CCCl. The van der Waals surface area contributed by atoms with Gasteiger partial charge in [-0.3, -0.25) is 0 Å². The molecular weight excluding hydrogens is 201 g/mol. The summed E-state index contributed by atoms with van der Waals surface area (Å²) in [6.07, 6.45) is 1.81. The van der Waals surface area contributed by atoms with Crippen LogP contribution in [0.15, 0.2) is 18.2 Å². The second-order valence-electron chi connectivity index (χ2n) is 3.58. The summed E-state index contributed by atoms with van der Waals surface area (Å²) in [5.41, 5.74) is 2.33. The number of benzene rings is 1. The summed E-state index contributed by atoms with van der Waals surface area (Å²) in [5, 5.41) is 3.39. The molecule has 1 nitrogen and oxygen atoms in total. The monoisotopic (exact) mass is 213 g/mol. The van der Waals surface area contributed by atoms with Crippen LogP contribution in [0.25, 0.3) is 0 Å². The van der Waals surface area contributed by atoms with Gasteiger partial charge in [0, 0.05) is 11.9 Å². The molecular formula is C11H13ClFN. The van der Waals surface area contributed by atoms with Crippen LogP contribution in [-0.2, 0) is 6.42 Å². The van der Waals surface area contributed by atoms with Gasteiger partial charge in [0.15, 0.2) is 0 Å². The Morgan fingerprint density at radius 2 is 2.36 bits per heavy atom. The molecule has 0 spiro atoms. The third-order valence-corrected chi connectivity index (χ3v) is 2.88. The first-order chi connectivity index (χ1) is 6.81. The first-order valence-electron chi connectivity index (χ1n) is 4.89. The Hall–Kier alpha value is -0.600. The van der Waals surface area contributed by atoms with Crippen molar-refractivity contribution in [3.8, 4) is 0 Å². The van der Waals surface area contributed by atoms with E-state index in [0.717, 1.165) is 24.9 Å². The summed E-state index contributed by atoms with van der Waals surface area (Å²) in [6, 6.07) is 5.33. The van der Waals surface area contributed by atoms with Crippen LogP contribution < -0.4 is 5.32 Å². The van der Waals surface area contributed by atoms with Gasteiger partial charge in [0.2, 0.25) is 0 Å². The molecule has 0 bridgehead atoms. The van der Waals surface area contributed by atoms with Gasteiger partial charge in [0.05, 0.1) is 0 Å². The molecule has 0 aliphatic carbocycles. The number of hydrogen-bond acceptors (Lipinski definition) is 1. The highest BCUT2D eigenvalue weighted by Crippen LogP contribution is 2.26. The van der Waals surface area contributed by atoms with E-state index in [1.165, 1.54) is 11.6 Å². The summed E-state index contributed by atoms with van der Waals surface area (Å²) in [6.45, 7) is 0.915. The van der Waals surface area contributed by atoms with Crippen LogP contribution in [-0.4, -0.2) is 12.4 Å². The van der Waals surface area contributed by atoms with Crippen molar-refractivity contribution < 1.29 is 4.39 Å². The second kappa shape index (κ2) is 4.28. The minimum absolute atomic E-state index is 0.143. The van der Waals surface area contributed by atoms with E-state index in [1.807, 2.05) is 6.07 Å². The van der Waals surface area contributed by atoms with Gasteiger partial charge in [-0.2, -0.15) is 0 Å². The maximum Gasteiger partial charge on any atom is 0.123 e. The summed E-state index contributed by atoms with van der Waals surface area (Å²) in [4.78, 5) is 0. The minimum Gasteiger partial charge on any atom is -0.310 e. The predicted octanol–water partition coefficient (Wildman–Crippen LogP) is 2.64. The normalized spacial score (nSPS) is 20.6. The maximum atomic E-state index is 13.0. The lowest BCUT2D eigenvalue weighted by molar-refractivity contribution is 0.491. The van der Waals surface area contributed by atoms with E-state index in [9.17, 15) is 4.39 Å². The van der Waals surface area contributed by atoms with Crippen molar-refractivity contribution in [1.29, 1.82) is 0 Å². The van der Waals surface area contributed by atoms with E-state index >= 15 is 0 Å². The van der Waals surface area contributed by atoms with E-state index in [4.69, 9.17) is 11.6 Å². The van der Waals surface area contributed by atoms with Crippen molar-refractivity contribution in [3.05, 3.63) is 35.1 Å². The van der Waals surface area contributed by atoms with Gasteiger partial charge in [-0.05, 0) is 42.6 Å². The zero-order valence-corrected chi connectivity index (χ0v) is 8.65. The summed E-state index contributed by atoms with van der Waals surface area (Å²) in [7, 11) is 0. The number of rotatable bonds is 2. The van der Waals surface area contributed by atoms with Gasteiger partial charge < -0.3 is 5.32 Å². The highest BCUT2D eigenvalue weighted by Gasteiger charge is 2.18. The molecule has 2 rings (SSSR count). The van der Waals surface area contributed by atoms with Gasteiger partial charge in [0.1, 0.15) is 5.82 Å². The number of alkyl halides is 1. The van der Waals surface area contributed by atoms with Crippen LogP contribution in [0, 0.1) is 5.82 Å². The van der Waals surface area contributed by atoms with Crippen molar-refractivity contribution in [3.63, 3.8) is 0 Å². The molecule has 0 fully saturated rings. The Labute approximate surface area is 88.3 Å². The van der Waals surface area contributed by atoms with Crippen LogP contribution in [0.4, 0.5) is 4.39 Å². The van der Waals surface area contributed by atoms with E-state index in [-0.39, 0.29) is 5.82 Å². The van der Waals surface area contributed by atoms with E-state index in [2.05, 4.69) is 5.32 Å². The molecule has 1 aliphatic rings. The van der Waals surface area contributed by atoms with Crippen molar-refractivity contribution in [2.45, 2.75) is 18.9 Å². The fourth-order valence-corrected chi connectivity index (χ4v) is 2.21. The van der Waals surface area contributed by atoms with E-state index < -0.39 is 0 Å². The van der Waals surface area contributed by atoms with Crippen LogP contribution in [0.1, 0.15) is 23.6 Å². The lowest BCUT2D eigenvalue weighted by atomic mass is 9.93. The van der Waals surface area contributed by atoms with Gasteiger partial charge in [-0.1, -0.05) is 6.07 Å². The third-order valence-electron chi connectivity index (χ3n) is 2.66. The third kappa shape index (κ3) is 1.91. The van der Waals surface area contributed by atoms with E-state index in [0.29, 0.717) is 11.9 Å². The lowest BCUT2D eigenvalue weighted by Gasteiger charge is -2.26.